The number of amides is 1. The summed E-state index contributed by atoms with van der Waals surface area (Å²) in [6.45, 7) is 2.96. The fourth-order valence-corrected chi connectivity index (χ4v) is 2.91. The first-order valence-electron chi connectivity index (χ1n) is 7.21. The summed E-state index contributed by atoms with van der Waals surface area (Å²) in [5, 5.41) is 0.532. The Morgan fingerprint density at radius 3 is 2.76 bits per heavy atom. The Bertz CT molecular complexity index is 500. The van der Waals surface area contributed by atoms with Crippen LogP contribution in [0.25, 0.3) is 0 Å². The van der Waals surface area contributed by atoms with E-state index in [0.717, 1.165) is 32.5 Å². The van der Waals surface area contributed by atoms with Gasteiger partial charge in [-0.1, -0.05) is 11.6 Å². The highest BCUT2D eigenvalue weighted by Crippen LogP contribution is 2.23. The number of nitrogens with zero attached hydrogens (tertiary/aromatic N) is 2. The summed E-state index contributed by atoms with van der Waals surface area (Å²) in [4.78, 5) is 16.7. The van der Waals surface area contributed by atoms with Crippen LogP contribution in [0.15, 0.2) is 18.2 Å². The predicted octanol–water partition coefficient (Wildman–Crippen LogP) is 2.04. The first-order chi connectivity index (χ1) is 10.0. The fraction of sp³-hybridized carbons (Fsp3) is 0.533. The van der Waals surface area contributed by atoms with E-state index in [0.29, 0.717) is 22.2 Å². The number of anilines is 1. The van der Waals surface area contributed by atoms with Gasteiger partial charge < -0.3 is 15.2 Å². The van der Waals surface area contributed by atoms with Gasteiger partial charge in [-0.25, -0.2) is 0 Å². The molecular weight excluding hydrogens is 288 g/mol. The highest BCUT2D eigenvalue weighted by Gasteiger charge is 2.22. The van der Waals surface area contributed by atoms with E-state index in [1.807, 2.05) is 7.05 Å². The minimum absolute atomic E-state index is 0.0515. The maximum absolute atomic E-state index is 12.6. The molecule has 0 atom stereocenters. The van der Waals surface area contributed by atoms with Crippen LogP contribution in [0.2, 0.25) is 5.02 Å². The number of halogens is 1. The van der Waals surface area contributed by atoms with Crippen molar-refractivity contribution in [2.45, 2.75) is 12.8 Å². The number of likely N-dealkylation sites (tertiary alicyclic amines) is 1. The van der Waals surface area contributed by atoms with Crippen LogP contribution in [0.1, 0.15) is 23.2 Å². The van der Waals surface area contributed by atoms with E-state index in [1.54, 1.807) is 23.1 Å². The number of hydrogen-bond donors (Lipinski definition) is 2. The van der Waals surface area contributed by atoms with Gasteiger partial charge in [0, 0.05) is 18.6 Å². The summed E-state index contributed by atoms with van der Waals surface area (Å²) in [5.74, 6) is 5.98. The topological polar surface area (TPSA) is 61.6 Å². The van der Waals surface area contributed by atoms with Crippen molar-refractivity contribution in [3.63, 3.8) is 0 Å². The van der Waals surface area contributed by atoms with Crippen molar-refractivity contribution in [2.75, 3.05) is 39.2 Å². The van der Waals surface area contributed by atoms with Gasteiger partial charge in [0.05, 0.1) is 11.3 Å². The van der Waals surface area contributed by atoms with E-state index in [9.17, 15) is 4.79 Å². The molecule has 1 aliphatic rings. The molecule has 5 nitrogen and oxygen atoms in total. The van der Waals surface area contributed by atoms with Gasteiger partial charge in [-0.3, -0.25) is 10.6 Å². The van der Waals surface area contributed by atoms with Crippen LogP contribution in [-0.4, -0.2) is 49.4 Å². The molecule has 1 saturated heterocycles. The molecule has 21 heavy (non-hydrogen) atoms. The summed E-state index contributed by atoms with van der Waals surface area (Å²) in [6, 6.07) is 5.09. The fourth-order valence-electron chi connectivity index (χ4n) is 2.74. The van der Waals surface area contributed by atoms with E-state index in [-0.39, 0.29) is 5.91 Å². The van der Waals surface area contributed by atoms with Gasteiger partial charge >= 0.3 is 0 Å². The third-order valence-corrected chi connectivity index (χ3v) is 4.32. The third-order valence-electron chi connectivity index (χ3n) is 4.08. The van der Waals surface area contributed by atoms with Crippen molar-refractivity contribution in [1.82, 2.24) is 9.80 Å². The maximum atomic E-state index is 12.6. The van der Waals surface area contributed by atoms with E-state index in [4.69, 9.17) is 17.4 Å². The second-order valence-corrected chi connectivity index (χ2v) is 6.20. The molecule has 0 unspecified atom stereocenters. The number of nitrogens with two attached hydrogens (primary N) is 1. The molecule has 6 heteroatoms. The second-order valence-electron chi connectivity index (χ2n) is 5.77. The Kier molecular flexibility index (Phi) is 5.45. The normalized spacial score (nSPS) is 16.8. The van der Waals surface area contributed by atoms with Crippen LogP contribution < -0.4 is 11.3 Å². The molecule has 1 amide bonds. The molecule has 0 saturated carbocycles. The lowest BCUT2D eigenvalue weighted by atomic mass is 9.96. The Hall–Kier alpha value is -1.30. The molecule has 1 fully saturated rings. The average Bonchev–Trinajstić information content (AvgIpc) is 2.48. The van der Waals surface area contributed by atoms with Crippen LogP contribution in [-0.2, 0) is 0 Å². The highest BCUT2D eigenvalue weighted by molar-refractivity contribution is 6.31. The monoisotopic (exact) mass is 310 g/mol. The largest absolute Gasteiger partial charge is 0.341 e. The van der Waals surface area contributed by atoms with Gasteiger partial charge in [-0.15, -0.1) is 0 Å². The van der Waals surface area contributed by atoms with Crippen molar-refractivity contribution in [1.29, 1.82) is 0 Å². The van der Waals surface area contributed by atoms with Gasteiger partial charge in [0.2, 0.25) is 0 Å². The zero-order valence-electron chi connectivity index (χ0n) is 12.6. The number of rotatable bonds is 4. The quantitative estimate of drug-likeness (QED) is 0.660. The molecule has 1 aliphatic heterocycles. The lowest BCUT2D eigenvalue weighted by molar-refractivity contribution is 0.0748. The van der Waals surface area contributed by atoms with E-state index >= 15 is 0 Å². The van der Waals surface area contributed by atoms with E-state index < -0.39 is 0 Å². The standard InChI is InChI=1S/C15H23ClN4O/c1-19-7-5-11(6-8-19)10-20(2)15(21)13-9-12(16)3-4-14(13)18-17/h3-4,9,11,18H,5-8,10,17H2,1-2H3. The predicted molar refractivity (Wildman–Crippen MR) is 86.4 cm³/mol. The zero-order chi connectivity index (χ0) is 15.4. The molecule has 0 aromatic heterocycles. The van der Waals surface area contributed by atoms with E-state index in [2.05, 4.69) is 17.4 Å². The van der Waals surface area contributed by atoms with Crippen molar-refractivity contribution in [3.8, 4) is 0 Å². The van der Waals surface area contributed by atoms with Crippen molar-refractivity contribution < 1.29 is 4.79 Å². The zero-order valence-corrected chi connectivity index (χ0v) is 13.4. The SMILES string of the molecule is CN1CCC(CN(C)C(=O)c2cc(Cl)ccc2NN)CC1. The molecule has 1 aromatic carbocycles. The number of carbonyl (C=O) groups is 1. The molecule has 0 radical (unpaired) electrons. The van der Waals surface area contributed by atoms with Crippen LogP contribution in [0.3, 0.4) is 0 Å². The minimum atomic E-state index is -0.0515. The first kappa shape index (κ1) is 16.1. The van der Waals surface area contributed by atoms with Crippen molar-refractivity contribution >= 4 is 23.2 Å². The summed E-state index contributed by atoms with van der Waals surface area (Å²) >= 11 is 5.99. The van der Waals surface area contributed by atoms with Crippen molar-refractivity contribution in [2.24, 2.45) is 11.8 Å². The molecule has 0 spiro atoms. The van der Waals surface area contributed by atoms with Crippen LogP contribution in [0, 0.1) is 5.92 Å². The van der Waals surface area contributed by atoms with Crippen molar-refractivity contribution in [3.05, 3.63) is 28.8 Å². The van der Waals surface area contributed by atoms with E-state index in [1.165, 1.54) is 0 Å². The highest BCUT2D eigenvalue weighted by atomic mass is 35.5. The first-order valence-corrected chi connectivity index (χ1v) is 7.59. The second kappa shape index (κ2) is 7.11. The Labute approximate surface area is 131 Å². The number of hydrogen-bond acceptors (Lipinski definition) is 4. The molecule has 1 aromatic rings. The number of piperidine rings is 1. The molecule has 116 valence electrons. The maximum Gasteiger partial charge on any atom is 0.255 e. The lowest BCUT2D eigenvalue weighted by Gasteiger charge is -2.31. The summed E-state index contributed by atoms with van der Waals surface area (Å²) in [7, 11) is 3.97. The number of nitrogen functional groups attached to an aromatic ring is 1. The Morgan fingerprint density at radius 2 is 2.14 bits per heavy atom. The lowest BCUT2D eigenvalue weighted by Crippen LogP contribution is -2.38. The van der Waals surface area contributed by atoms with Crippen LogP contribution >= 0.6 is 11.6 Å². The molecule has 3 N–H and O–H groups in total. The number of benzene rings is 1. The molecule has 2 rings (SSSR count). The number of hydrazine groups is 1. The molecule has 1 heterocycles. The number of nitrogens with one attached hydrogen (secondary N) is 1. The molecule has 0 bridgehead atoms. The third kappa shape index (κ3) is 4.09. The van der Waals surface area contributed by atoms with Gasteiger partial charge in [0.1, 0.15) is 0 Å². The summed E-state index contributed by atoms with van der Waals surface area (Å²) in [5.41, 5.74) is 3.67. The Morgan fingerprint density at radius 1 is 1.48 bits per heavy atom. The summed E-state index contributed by atoms with van der Waals surface area (Å²) < 4.78 is 0. The van der Waals surface area contributed by atoms with Crippen LogP contribution in [0.5, 0.6) is 0 Å². The average molecular weight is 311 g/mol. The molecular formula is C15H23ClN4O. The number of carbonyl (C=O) groups excluding carboxylic acids is 1. The van der Waals surface area contributed by atoms with Gasteiger partial charge in [-0.05, 0) is 57.1 Å². The Balaban J connectivity index is 2.03. The summed E-state index contributed by atoms with van der Waals surface area (Å²) in [6.07, 6.45) is 2.26. The minimum Gasteiger partial charge on any atom is -0.341 e. The van der Waals surface area contributed by atoms with Gasteiger partial charge in [0.15, 0.2) is 0 Å². The van der Waals surface area contributed by atoms with Gasteiger partial charge in [-0.2, -0.15) is 0 Å². The van der Waals surface area contributed by atoms with Crippen LogP contribution in [0.4, 0.5) is 5.69 Å². The smallest absolute Gasteiger partial charge is 0.255 e. The van der Waals surface area contributed by atoms with Gasteiger partial charge in [0.25, 0.3) is 5.91 Å². The molecule has 0 aliphatic carbocycles.